The molecule has 0 fully saturated rings. The van der Waals surface area contributed by atoms with E-state index >= 15 is 0 Å². The SMILES string of the molecule is CCCCc1ccc(N(c2ccc(N(c3ccc(CCCC)cc3)c3ccc(C)cc3C)cc2)c2ccc(C)cc2C)cc1. The Hall–Kier alpha value is -4.30. The number of rotatable bonds is 12. The summed E-state index contributed by atoms with van der Waals surface area (Å²) in [6.45, 7) is 13.3. The second-order valence-corrected chi connectivity index (χ2v) is 12.3. The summed E-state index contributed by atoms with van der Waals surface area (Å²) in [5.74, 6) is 0. The minimum Gasteiger partial charge on any atom is -0.310 e. The summed E-state index contributed by atoms with van der Waals surface area (Å²) in [4.78, 5) is 4.79. The van der Waals surface area contributed by atoms with Gasteiger partial charge >= 0.3 is 0 Å². The molecule has 0 aliphatic rings. The third-order valence-corrected chi connectivity index (χ3v) is 8.58. The van der Waals surface area contributed by atoms with Crippen LogP contribution in [-0.4, -0.2) is 0 Å². The quantitative estimate of drug-likeness (QED) is 0.145. The van der Waals surface area contributed by atoms with Gasteiger partial charge in [0.2, 0.25) is 0 Å². The Morgan fingerprint density at radius 3 is 1.02 bits per heavy atom. The highest BCUT2D eigenvalue weighted by Gasteiger charge is 2.18. The van der Waals surface area contributed by atoms with Gasteiger partial charge < -0.3 is 9.80 Å². The molecular formula is C42H48N2. The Labute approximate surface area is 266 Å². The molecule has 0 atom stereocenters. The van der Waals surface area contributed by atoms with Gasteiger partial charge in [-0.2, -0.15) is 0 Å². The van der Waals surface area contributed by atoms with Gasteiger partial charge in [0.1, 0.15) is 0 Å². The largest absolute Gasteiger partial charge is 0.310 e. The summed E-state index contributed by atoms with van der Waals surface area (Å²) >= 11 is 0. The number of benzene rings is 5. The normalized spacial score (nSPS) is 11.0. The number of hydrogen-bond donors (Lipinski definition) is 0. The third-order valence-electron chi connectivity index (χ3n) is 8.58. The van der Waals surface area contributed by atoms with Crippen molar-refractivity contribution in [3.63, 3.8) is 0 Å². The minimum atomic E-state index is 1.13. The van der Waals surface area contributed by atoms with Gasteiger partial charge in [-0.25, -0.2) is 0 Å². The molecule has 0 saturated carbocycles. The van der Waals surface area contributed by atoms with E-state index < -0.39 is 0 Å². The number of unbranched alkanes of at least 4 members (excludes halogenated alkanes) is 2. The number of nitrogens with zero attached hydrogens (tertiary/aromatic N) is 2. The molecule has 0 amide bonds. The lowest BCUT2D eigenvalue weighted by molar-refractivity contribution is 0.795. The topological polar surface area (TPSA) is 6.48 Å². The average Bonchev–Trinajstić information content (AvgIpc) is 3.03. The van der Waals surface area contributed by atoms with E-state index in [4.69, 9.17) is 0 Å². The fourth-order valence-corrected chi connectivity index (χ4v) is 6.10. The molecule has 0 unspecified atom stereocenters. The van der Waals surface area contributed by atoms with Gasteiger partial charge in [0.25, 0.3) is 0 Å². The molecule has 2 nitrogen and oxygen atoms in total. The predicted molar refractivity (Wildman–Crippen MR) is 192 cm³/mol. The molecule has 2 heteroatoms. The molecule has 0 radical (unpaired) electrons. The van der Waals surface area contributed by atoms with Crippen LogP contribution in [0, 0.1) is 27.7 Å². The van der Waals surface area contributed by atoms with Crippen LogP contribution in [0.1, 0.15) is 72.9 Å². The van der Waals surface area contributed by atoms with Crippen molar-refractivity contribution in [2.75, 3.05) is 9.80 Å². The predicted octanol–water partition coefficient (Wildman–Crippen LogP) is 12.5. The van der Waals surface area contributed by atoms with Crippen LogP contribution < -0.4 is 9.80 Å². The first-order valence-corrected chi connectivity index (χ1v) is 16.4. The molecule has 5 rings (SSSR count). The summed E-state index contributed by atoms with van der Waals surface area (Å²) in [7, 11) is 0. The fraction of sp³-hybridized carbons (Fsp3) is 0.286. The smallest absolute Gasteiger partial charge is 0.0490 e. The van der Waals surface area contributed by atoms with Crippen LogP contribution in [0.5, 0.6) is 0 Å². The second kappa shape index (κ2) is 14.4. The molecule has 5 aromatic rings. The number of hydrogen-bond acceptors (Lipinski definition) is 2. The van der Waals surface area contributed by atoms with Crippen LogP contribution in [0.2, 0.25) is 0 Å². The maximum atomic E-state index is 2.39. The average molecular weight is 581 g/mol. The Balaban J connectivity index is 1.56. The van der Waals surface area contributed by atoms with Gasteiger partial charge in [-0.05, 0) is 136 Å². The Morgan fingerprint density at radius 1 is 0.409 bits per heavy atom. The van der Waals surface area contributed by atoms with Crippen molar-refractivity contribution in [1.82, 2.24) is 0 Å². The van der Waals surface area contributed by atoms with Crippen LogP contribution in [0.3, 0.4) is 0 Å². The third kappa shape index (κ3) is 7.25. The standard InChI is InChI=1S/C42H48N2/c1-7-9-11-35-15-19-37(20-16-35)43(41-27-13-31(3)29-33(41)5)39-23-25-40(26-24-39)44(42-28-14-32(4)30-34(42)6)38-21-17-36(18-22-38)12-10-8-2/h13-30H,7-12H2,1-6H3. The zero-order valence-electron chi connectivity index (χ0n) is 27.5. The van der Waals surface area contributed by atoms with Crippen LogP contribution in [0.4, 0.5) is 34.1 Å². The van der Waals surface area contributed by atoms with Crippen molar-refractivity contribution >= 4 is 34.1 Å². The molecule has 226 valence electrons. The molecule has 0 heterocycles. The van der Waals surface area contributed by atoms with E-state index in [0.717, 1.165) is 24.2 Å². The molecule has 44 heavy (non-hydrogen) atoms. The van der Waals surface area contributed by atoms with Crippen molar-refractivity contribution in [2.24, 2.45) is 0 Å². The van der Waals surface area contributed by atoms with E-state index in [1.807, 2.05) is 0 Å². The second-order valence-electron chi connectivity index (χ2n) is 12.3. The molecule has 0 aliphatic heterocycles. The van der Waals surface area contributed by atoms with Crippen LogP contribution >= 0.6 is 0 Å². The number of aryl methyl sites for hydroxylation is 6. The maximum Gasteiger partial charge on any atom is 0.0490 e. The van der Waals surface area contributed by atoms with Gasteiger partial charge in [0.05, 0.1) is 0 Å². The van der Waals surface area contributed by atoms with Crippen molar-refractivity contribution in [3.8, 4) is 0 Å². The molecule has 0 saturated heterocycles. The van der Waals surface area contributed by atoms with E-state index in [-0.39, 0.29) is 0 Å². The lowest BCUT2D eigenvalue weighted by Crippen LogP contribution is -2.13. The van der Waals surface area contributed by atoms with E-state index in [0.29, 0.717) is 0 Å². The van der Waals surface area contributed by atoms with E-state index in [1.54, 1.807) is 0 Å². The summed E-state index contributed by atoms with van der Waals surface area (Å²) in [6.07, 6.45) is 7.13. The molecule has 0 aliphatic carbocycles. The Kier molecular flexibility index (Phi) is 10.2. The lowest BCUT2D eigenvalue weighted by Gasteiger charge is -2.30. The maximum absolute atomic E-state index is 2.39. The highest BCUT2D eigenvalue weighted by atomic mass is 15.2. The van der Waals surface area contributed by atoms with Gasteiger partial charge in [-0.1, -0.05) is 86.3 Å². The Bertz CT molecular complexity index is 1520. The molecule has 0 spiro atoms. The monoisotopic (exact) mass is 580 g/mol. The first-order valence-electron chi connectivity index (χ1n) is 16.4. The highest BCUT2D eigenvalue weighted by Crippen LogP contribution is 2.41. The van der Waals surface area contributed by atoms with Crippen molar-refractivity contribution < 1.29 is 0 Å². The van der Waals surface area contributed by atoms with Crippen molar-refractivity contribution in [1.29, 1.82) is 0 Å². The fourth-order valence-electron chi connectivity index (χ4n) is 6.10. The number of anilines is 6. The van der Waals surface area contributed by atoms with Crippen molar-refractivity contribution in [3.05, 3.63) is 143 Å². The highest BCUT2D eigenvalue weighted by molar-refractivity contribution is 5.83. The van der Waals surface area contributed by atoms with E-state index in [1.165, 1.54) is 81.8 Å². The lowest BCUT2D eigenvalue weighted by atomic mass is 10.0. The van der Waals surface area contributed by atoms with E-state index in [9.17, 15) is 0 Å². The molecular weight excluding hydrogens is 532 g/mol. The van der Waals surface area contributed by atoms with Crippen LogP contribution in [0.25, 0.3) is 0 Å². The van der Waals surface area contributed by atoms with Gasteiger partial charge in [-0.15, -0.1) is 0 Å². The Morgan fingerprint density at radius 2 is 0.727 bits per heavy atom. The zero-order chi connectivity index (χ0) is 31.1. The molecule has 0 aromatic heterocycles. The summed E-state index contributed by atoms with van der Waals surface area (Å²) in [5.41, 5.74) is 15.0. The molecule has 0 N–H and O–H groups in total. The minimum absolute atomic E-state index is 1.13. The van der Waals surface area contributed by atoms with Gasteiger partial charge in [0.15, 0.2) is 0 Å². The first kappa shape index (κ1) is 31.1. The van der Waals surface area contributed by atoms with Crippen LogP contribution in [0.15, 0.2) is 109 Å². The summed E-state index contributed by atoms with van der Waals surface area (Å²) in [6, 6.07) is 40.9. The van der Waals surface area contributed by atoms with Gasteiger partial charge in [-0.3, -0.25) is 0 Å². The molecule has 0 bridgehead atoms. The summed E-state index contributed by atoms with van der Waals surface area (Å²) < 4.78 is 0. The van der Waals surface area contributed by atoms with Crippen LogP contribution in [-0.2, 0) is 12.8 Å². The molecule has 5 aromatic carbocycles. The van der Waals surface area contributed by atoms with E-state index in [2.05, 4.69) is 161 Å². The van der Waals surface area contributed by atoms with Gasteiger partial charge in [0, 0.05) is 34.1 Å². The summed E-state index contributed by atoms with van der Waals surface area (Å²) in [5, 5.41) is 0. The first-order chi connectivity index (χ1) is 21.4. The van der Waals surface area contributed by atoms with Crippen molar-refractivity contribution in [2.45, 2.75) is 80.1 Å². The zero-order valence-corrected chi connectivity index (χ0v) is 27.5.